The zero-order chi connectivity index (χ0) is 16.8. The van der Waals surface area contributed by atoms with Gasteiger partial charge in [-0.05, 0) is 55.6 Å². The number of hydrogen-bond donors (Lipinski definition) is 2. The van der Waals surface area contributed by atoms with Gasteiger partial charge in [0.1, 0.15) is 12.4 Å². The van der Waals surface area contributed by atoms with E-state index in [0.717, 1.165) is 42.0 Å². The molecule has 3 rings (SSSR count). The number of carbonyl (C=O) groups excluding carboxylic acids is 1. The van der Waals surface area contributed by atoms with Gasteiger partial charge in [-0.3, -0.25) is 4.79 Å². The number of anilines is 1. The summed E-state index contributed by atoms with van der Waals surface area (Å²) in [5, 5.41) is 6.40. The molecule has 0 radical (unpaired) electrons. The number of ether oxygens (including phenoxy) is 1. The fraction of sp³-hybridized carbons (Fsp3) is 0.350. The SMILES string of the molecule is Cc1c(COc2ccccc2)cccc1NC(=O)CC1CCCN1.Cl. The average molecular weight is 361 g/mol. The second kappa shape index (κ2) is 9.44. The van der Waals surface area contributed by atoms with Gasteiger partial charge in [-0.1, -0.05) is 30.3 Å². The summed E-state index contributed by atoms with van der Waals surface area (Å²) in [6, 6.07) is 16.0. The summed E-state index contributed by atoms with van der Waals surface area (Å²) in [5.74, 6) is 0.914. The van der Waals surface area contributed by atoms with E-state index < -0.39 is 0 Å². The van der Waals surface area contributed by atoms with Gasteiger partial charge in [0.25, 0.3) is 0 Å². The molecule has 0 aliphatic carbocycles. The Morgan fingerprint density at radius 3 is 2.72 bits per heavy atom. The zero-order valence-corrected chi connectivity index (χ0v) is 15.3. The Balaban J connectivity index is 0.00000225. The summed E-state index contributed by atoms with van der Waals surface area (Å²) < 4.78 is 5.82. The van der Waals surface area contributed by atoms with Crippen LogP contribution in [-0.4, -0.2) is 18.5 Å². The molecule has 1 aliphatic heterocycles. The Hall–Kier alpha value is -2.04. The molecule has 0 spiro atoms. The van der Waals surface area contributed by atoms with Crippen molar-refractivity contribution in [3.8, 4) is 5.75 Å². The van der Waals surface area contributed by atoms with Gasteiger partial charge in [0, 0.05) is 18.2 Å². The van der Waals surface area contributed by atoms with E-state index in [1.807, 2.05) is 55.5 Å². The first kappa shape index (κ1) is 19.3. The van der Waals surface area contributed by atoms with Crippen LogP contribution in [0.1, 0.15) is 30.4 Å². The van der Waals surface area contributed by atoms with E-state index in [4.69, 9.17) is 4.74 Å². The molecular formula is C20H25ClN2O2. The van der Waals surface area contributed by atoms with Crippen molar-refractivity contribution in [1.82, 2.24) is 5.32 Å². The van der Waals surface area contributed by atoms with Crippen molar-refractivity contribution >= 4 is 24.0 Å². The molecule has 25 heavy (non-hydrogen) atoms. The van der Waals surface area contributed by atoms with Gasteiger partial charge >= 0.3 is 0 Å². The van der Waals surface area contributed by atoms with Gasteiger partial charge in [0.15, 0.2) is 0 Å². The molecule has 1 fully saturated rings. The Morgan fingerprint density at radius 1 is 1.20 bits per heavy atom. The fourth-order valence-electron chi connectivity index (χ4n) is 3.01. The zero-order valence-electron chi connectivity index (χ0n) is 14.5. The van der Waals surface area contributed by atoms with Crippen molar-refractivity contribution < 1.29 is 9.53 Å². The Labute approximate surface area is 155 Å². The van der Waals surface area contributed by atoms with Crippen LogP contribution in [0.25, 0.3) is 0 Å². The highest BCUT2D eigenvalue weighted by Gasteiger charge is 2.18. The molecular weight excluding hydrogens is 336 g/mol. The van der Waals surface area contributed by atoms with Gasteiger partial charge < -0.3 is 15.4 Å². The third kappa shape index (κ3) is 5.48. The molecule has 2 N–H and O–H groups in total. The molecule has 0 aromatic heterocycles. The van der Waals surface area contributed by atoms with Crippen LogP contribution in [-0.2, 0) is 11.4 Å². The van der Waals surface area contributed by atoms with Crippen LogP contribution in [0.4, 0.5) is 5.69 Å². The molecule has 134 valence electrons. The first-order chi connectivity index (χ1) is 11.7. The predicted octanol–water partition coefficient (Wildman–Crippen LogP) is 4.08. The maximum absolute atomic E-state index is 12.2. The second-order valence-corrected chi connectivity index (χ2v) is 6.24. The minimum absolute atomic E-state index is 0. The molecule has 2 aromatic rings. The molecule has 2 aromatic carbocycles. The third-order valence-corrected chi connectivity index (χ3v) is 4.45. The molecule has 4 nitrogen and oxygen atoms in total. The summed E-state index contributed by atoms with van der Waals surface area (Å²) in [7, 11) is 0. The van der Waals surface area contributed by atoms with Gasteiger partial charge in [0.2, 0.25) is 5.91 Å². The monoisotopic (exact) mass is 360 g/mol. The fourth-order valence-corrected chi connectivity index (χ4v) is 3.01. The van der Waals surface area contributed by atoms with Gasteiger partial charge in [-0.15, -0.1) is 12.4 Å². The maximum atomic E-state index is 12.2. The summed E-state index contributed by atoms with van der Waals surface area (Å²) >= 11 is 0. The van der Waals surface area contributed by atoms with E-state index in [1.165, 1.54) is 0 Å². The number of benzene rings is 2. The van der Waals surface area contributed by atoms with E-state index in [1.54, 1.807) is 0 Å². The van der Waals surface area contributed by atoms with Crippen molar-refractivity contribution in [3.05, 3.63) is 59.7 Å². The highest BCUT2D eigenvalue weighted by atomic mass is 35.5. The normalized spacial score (nSPS) is 16.1. The Morgan fingerprint density at radius 2 is 2.00 bits per heavy atom. The van der Waals surface area contributed by atoms with Crippen LogP contribution in [0.3, 0.4) is 0 Å². The highest BCUT2D eigenvalue weighted by Crippen LogP contribution is 2.21. The molecule has 0 saturated carbocycles. The van der Waals surface area contributed by atoms with Crippen LogP contribution in [0.15, 0.2) is 48.5 Å². The summed E-state index contributed by atoms with van der Waals surface area (Å²) in [6.07, 6.45) is 2.77. The van der Waals surface area contributed by atoms with Gasteiger partial charge in [-0.2, -0.15) is 0 Å². The molecule has 1 heterocycles. The minimum atomic E-state index is 0. The van der Waals surface area contributed by atoms with Crippen molar-refractivity contribution in [2.45, 2.75) is 38.8 Å². The van der Waals surface area contributed by atoms with Crippen LogP contribution in [0.2, 0.25) is 0 Å². The first-order valence-electron chi connectivity index (χ1n) is 8.52. The molecule has 1 atom stereocenters. The first-order valence-corrected chi connectivity index (χ1v) is 8.52. The molecule has 1 aliphatic rings. The number of carbonyl (C=O) groups is 1. The van der Waals surface area contributed by atoms with Crippen molar-refractivity contribution in [3.63, 3.8) is 0 Å². The van der Waals surface area contributed by atoms with Crippen molar-refractivity contribution in [1.29, 1.82) is 0 Å². The Kier molecular flexibility index (Phi) is 7.29. The van der Waals surface area contributed by atoms with Gasteiger partial charge in [-0.25, -0.2) is 0 Å². The number of nitrogens with one attached hydrogen (secondary N) is 2. The number of halogens is 1. The van der Waals surface area contributed by atoms with E-state index in [-0.39, 0.29) is 18.3 Å². The molecule has 1 unspecified atom stereocenters. The summed E-state index contributed by atoms with van der Waals surface area (Å²) in [5.41, 5.74) is 3.00. The number of para-hydroxylation sites is 1. The largest absolute Gasteiger partial charge is 0.489 e. The van der Waals surface area contributed by atoms with Crippen molar-refractivity contribution in [2.75, 3.05) is 11.9 Å². The highest BCUT2D eigenvalue weighted by molar-refractivity contribution is 5.92. The van der Waals surface area contributed by atoms with Crippen molar-refractivity contribution in [2.24, 2.45) is 0 Å². The molecule has 0 bridgehead atoms. The summed E-state index contributed by atoms with van der Waals surface area (Å²) in [4.78, 5) is 12.2. The average Bonchev–Trinajstić information content (AvgIpc) is 3.09. The van der Waals surface area contributed by atoms with E-state index in [0.29, 0.717) is 19.1 Å². The van der Waals surface area contributed by atoms with E-state index >= 15 is 0 Å². The lowest BCUT2D eigenvalue weighted by Crippen LogP contribution is -2.27. The lowest BCUT2D eigenvalue weighted by Gasteiger charge is -2.15. The van der Waals surface area contributed by atoms with Crippen LogP contribution >= 0.6 is 12.4 Å². The molecule has 5 heteroatoms. The standard InChI is InChI=1S/C20H24N2O2.ClH/c1-15-16(14-24-18-9-3-2-4-10-18)7-5-11-19(15)22-20(23)13-17-8-6-12-21-17;/h2-5,7,9-11,17,21H,6,8,12-14H2,1H3,(H,22,23);1H. The predicted molar refractivity (Wildman–Crippen MR) is 103 cm³/mol. The summed E-state index contributed by atoms with van der Waals surface area (Å²) in [6.45, 7) is 3.53. The molecule has 1 amide bonds. The number of hydrogen-bond acceptors (Lipinski definition) is 3. The lowest BCUT2D eigenvalue weighted by atomic mass is 10.1. The number of rotatable bonds is 6. The number of amides is 1. The van der Waals surface area contributed by atoms with Crippen LogP contribution < -0.4 is 15.4 Å². The lowest BCUT2D eigenvalue weighted by molar-refractivity contribution is -0.116. The molecule has 1 saturated heterocycles. The van der Waals surface area contributed by atoms with Crippen LogP contribution in [0, 0.1) is 6.92 Å². The van der Waals surface area contributed by atoms with Crippen LogP contribution in [0.5, 0.6) is 5.75 Å². The smallest absolute Gasteiger partial charge is 0.225 e. The van der Waals surface area contributed by atoms with E-state index in [2.05, 4.69) is 10.6 Å². The Bertz CT molecular complexity index is 685. The third-order valence-electron chi connectivity index (χ3n) is 4.45. The second-order valence-electron chi connectivity index (χ2n) is 6.24. The van der Waals surface area contributed by atoms with Gasteiger partial charge in [0.05, 0.1) is 0 Å². The minimum Gasteiger partial charge on any atom is -0.489 e. The topological polar surface area (TPSA) is 50.4 Å². The van der Waals surface area contributed by atoms with E-state index in [9.17, 15) is 4.79 Å². The maximum Gasteiger partial charge on any atom is 0.225 e. The quantitative estimate of drug-likeness (QED) is 0.816.